The zero-order valence-corrected chi connectivity index (χ0v) is 12.0. The number of nitrogens with zero attached hydrogens (tertiary/aromatic N) is 1. The van der Waals surface area contributed by atoms with E-state index in [1.54, 1.807) is 7.05 Å². The van der Waals surface area contributed by atoms with Crippen molar-refractivity contribution in [3.8, 4) is 0 Å². The van der Waals surface area contributed by atoms with Crippen molar-refractivity contribution in [1.82, 2.24) is 10.6 Å². The lowest BCUT2D eigenvalue weighted by atomic mass is 10.1. The summed E-state index contributed by atoms with van der Waals surface area (Å²) in [6.07, 6.45) is 2.02. The third kappa shape index (κ3) is 2.89. The molecule has 1 aliphatic heterocycles. The summed E-state index contributed by atoms with van der Waals surface area (Å²) in [5, 5.41) is 5.93. The molecule has 1 heterocycles. The molecule has 2 N–H and O–H groups in total. The molecule has 4 nitrogen and oxygen atoms in total. The van der Waals surface area contributed by atoms with Gasteiger partial charge in [-0.2, -0.15) is 0 Å². The molecule has 1 saturated heterocycles. The summed E-state index contributed by atoms with van der Waals surface area (Å²) in [6.45, 7) is 3.96. The topological polar surface area (TPSA) is 44.4 Å². The van der Waals surface area contributed by atoms with Gasteiger partial charge in [0, 0.05) is 25.8 Å². The fraction of sp³-hybridized carbons (Fsp3) is 0.533. The first-order valence-electron chi connectivity index (χ1n) is 6.89. The van der Waals surface area contributed by atoms with E-state index >= 15 is 0 Å². The van der Waals surface area contributed by atoms with Crippen molar-refractivity contribution < 1.29 is 4.79 Å². The number of carbonyl (C=O) groups excluding carboxylic acids is 1. The molecule has 1 atom stereocenters. The van der Waals surface area contributed by atoms with Gasteiger partial charge in [-0.3, -0.25) is 4.79 Å². The van der Waals surface area contributed by atoms with E-state index in [2.05, 4.69) is 40.7 Å². The van der Waals surface area contributed by atoms with Gasteiger partial charge in [0.2, 0.25) is 5.91 Å². The van der Waals surface area contributed by atoms with Gasteiger partial charge in [-0.25, -0.2) is 0 Å². The third-order valence-electron chi connectivity index (χ3n) is 3.75. The molecule has 2 rings (SSSR count). The number of likely N-dealkylation sites (N-methyl/N-ethyl adjacent to an activating group) is 1. The van der Waals surface area contributed by atoms with Crippen LogP contribution in [0.4, 0.5) is 5.69 Å². The molecule has 0 radical (unpaired) electrons. The molecule has 1 unspecified atom stereocenters. The number of aryl methyl sites for hydroxylation is 1. The molecular formula is C15H23N3O. The lowest BCUT2D eigenvalue weighted by molar-refractivity contribution is -0.121. The van der Waals surface area contributed by atoms with E-state index in [1.165, 1.54) is 16.8 Å². The van der Waals surface area contributed by atoms with Crippen molar-refractivity contribution in [2.45, 2.75) is 32.4 Å². The summed E-state index contributed by atoms with van der Waals surface area (Å²) in [5.74, 6) is 0.121. The second-order valence-electron chi connectivity index (χ2n) is 5.12. The van der Waals surface area contributed by atoms with Crippen LogP contribution in [0.25, 0.3) is 0 Å². The predicted molar refractivity (Wildman–Crippen MR) is 78.4 cm³/mol. The fourth-order valence-electron chi connectivity index (χ4n) is 2.85. The van der Waals surface area contributed by atoms with Crippen molar-refractivity contribution in [2.24, 2.45) is 0 Å². The van der Waals surface area contributed by atoms with Crippen molar-refractivity contribution in [3.63, 3.8) is 0 Å². The average molecular weight is 261 g/mol. The molecule has 0 bridgehead atoms. The van der Waals surface area contributed by atoms with E-state index in [0.717, 1.165) is 25.9 Å². The van der Waals surface area contributed by atoms with E-state index in [9.17, 15) is 4.79 Å². The maximum Gasteiger partial charge on any atom is 0.242 e. The Morgan fingerprint density at radius 3 is 2.84 bits per heavy atom. The van der Waals surface area contributed by atoms with Gasteiger partial charge >= 0.3 is 0 Å². The van der Waals surface area contributed by atoms with Crippen molar-refractivity contribution in [2.75, 3.05) is 25.5 Å². The Balaban J connectivity index is 2.23. The molecule has 0 spiro atoms. The largest absolute Gasteiger partial charge is 0.359 e. The Morgan fingerprint density at radius 2 is 2.21 bits per heavy atom. The number of nitrogens with one attached hydrogen (secondary N) is 2. The second-order valence-corrected chi connectivity index (χ2v) is 5.12. The predicted octanol–water partition coefficient (Wildman–Crippen LogP) is 1.43. The third-order valence-corrected chi connectivity index (χ3v) is 3.75. The first kappa shape index (κ1) is 13.9. The maximum atomic E-state index is 11.9. The quantitative estimate of drug-likeness (QED) is 0.862. The van der Waals surface area contributed by atoms with Gasteiger partial charge in [0.1, 0.15) is 6.04 Å². The van der Waals surface area contributed by atoms with Gasteiger partial charge in [-0.15, -0.1) is 0 Å². The van der Waals surface area contributed by atoms with Crippen molar-refractivity contribution in [3.05, 3.63) is 29.3 Å². The SMILES string of the molecule is CNCc1ccc(N2CCCC2C(=O)NC)c(C)c1. The summed E-state index contributed by atoms with van der Waals surface area (Å²) in [7, 11) is 3.66. The highest BCUT2D eigenvalue weighted by atomic mass is 16.2. The molecule has 0 aliphatic carbocycles. The highest BCUT2D eigenvalue weighted by Crippen LogP contribution is 2.29. The zero-order valence-electron chi connectivity index (χ0n) is 12.0. The van der Waals surface area contributed by atoms with Crippen molar-refractivity contribution in [1.29, 1.82) is 0 Å². The summed E-state index contributed by atoms with van der Waals surface area (Å²) < 4.78 is 0. The Kier molecular flexibility index (Phi) is 4.43. The minimum absolute atomic E-state index is 0.0150. The van der Waals surface area contributed by atoms with Gasteiger partial charge in [0.15, 0.2) is 0 Å². The van der Waals surface area contributed by atoms with Crippen molar-refractivity contribution >= 4 is 11.6 Å². The normalized spacial score (nSPS) is 18.7. The van der Waals surface area contributed by atoms with Crippen LogP contribution in [0.3, 0.4) is 0 Å². The average Bonchev–Trinajstić information content (AvgIpc) is 2.87. The van der Waals surface area contributed by atoms with E-state index in [0.29, 0.717) is 0 Å². The molecule has 1 fully saturated rings. The zero-order chi connectivity index (χ0) is 13.8. The lowest BCUT2D eigenvalue weighted by Gasteiger charge is -2.27. The number of hydrogen-bond acceptors (Lipinski definition) is 3. The Labute approximate surface area is 115 Å². The van der Waals surface area contributed by atoms with Crippen LogP contribution in [-0.2, 0) is 11.3 Å². The van der Waals surface area contributed by atoms with E-state index in [1.807, 2.05) is 7.05 Å². The number of carbonyl (C=O) groups is 1. The molecule has 19 heavy (non-hydrogen) atoms. The van der Waals surface area contributed by atoms with Crippen LogP contribution < -0.4 is 15.5 Å². The van der Waals surface area contributed by atoms with E-state index < -0.39 is 0 Å². The van der Waals surface area contributed by atoms with Gasteiger partial charge in [-0.1, -0.05) is 12.1 Å². The van der Waals surface area contributed by atoms with Crippen LogP contribution in [0.15, 0.2) is 18.2 Å². The number of hydrogen-bond donors (Lipinski definition) is 2. The molecule has 0 aromatic heterocycles. The molecule has 1 aliphatic rings. The summed E-state index contributed by atoms with van der Waals surface area (Å²) in [4.78, 5) is 14.1. The molecule has 4 heteroatoms. The van der Waals surface area contributed by atoms with E-state index in [4.69, 9.17) is 0 Å². The van der Waals surface area contributed by atoms with Crippen LogP contribution >= 0.6 is 0 Å². The minimum Gasteiger partial charge on any atom is -0.359 e. The molecule has 104 valence electrons. The highest BCUT2D eigenvalue weighted by molar-refractivity contribution is 5.86. The minimum atomic E-state index is -0.0150. The molecule has 1 amide bonds. The van der Waals surface area contributed by atoms with Gasteiger partial charge in [-0.05, 0) is 44.0 Å². The molecule has 0 saturated carbocycles. The summed E-state index contributed by atoms with van der Waals surface area (Å²) in [6, 6.07) is 6.46. The van der Waals surface area contributed by atoms with Crippen LogP contribution in [0.2, 0.25) is 0 Å². The van der Waals surface area contributed by atoms with Crippen LogP contribution in [0.5, 0.6) is 0 Å². The smallest absolute Gasteiger partial charge is 0.242 e. The number of benzene rings is 1. The second kappa shape index (κ2) is 6.06. The molecule has 1 aromatic carbocycles. The number of anilines is 1. The number of amides is 1. The monoisotopic (exact) mass is 261 g/mol. The molecule has 1 aromatic rings. The fourth-order valence-corrected chi connectivity index (χ4v) is 2.85. The van der Waals surface area contributed by atoms with Crippen LogP contribution in [0, 0.1) is 6.92 Å². The Hall–Kier alpha value is -1.55. The van der Waals surface area contributed by atoms with Crippen LogP contribution in [0.1, 0.15) is 24.0 Å². The lowest BCUT2D eigenvalue weighted by Crippen LogP contribution is -2.42. The Bertz CT molecular complexity index is 459. The standard InChI is InChI=1S/C15H23N3O/c1-11-9-12(10-16-2)6-7-13(11)18-8-4-5-14(18)15(19)17-3/h6-7,9,14,16H,4-5,8,10H2,1-3H3,(H,17,19). The van der Waals surface area contributed by atoms with Gasteiger partial charge < -0.3 is 15.5 Å². The Morgan fingerprint density at radius 1 is 1.42 bits per heavy atom. The highest BCUT2D eigenvalue weighted by Gasteiger charge is 2.30. The maximum absolute atomic E-state index is 11.9. The van der Waals surface area contributed by atoms with Crippen LogP contribution in [-0.4, -0.2) is 32.6 Å². The van der Waals surface area contributed by atoms with Gasteiger partial charge in [0.05, 0.1) is 0 Å². The van der Waals surface area contributed by atoms with Gasteiger partial charge in [0.25, 0.3) is 0 Å². The first-order valence-corrected chi connectivity index (χ1v) is 6.89. The summed E-state index contributed by atoms with van der Waals surface area (Å²) >= 11 is 0. The molecular weight excluding hydrogens is 238 g/mol. The van der Waals surface area contributed by atoms with E-state index in [-0.39, 0.29) is 11.9 Å². The first-order chi connectivity index (χ1) is 9.17. The number of rotatable bonds is 4. The summed E-state index contributed by atoms with van der Waals surface area (Å²) in [5.41, 5.74) is 3.70.